The van der Waals surface area contributed by atoms with E-state index < -0.39 is 5.41 Å². The second-order valence-electron chi connectivity index (χ2n) is 8.30. The number of unbranched alkanes of at least 4 members (excludes halogenated alkanes) is 1. The second kappa shape index (κ2) is 9.17. The average Bonchev–Trinajstić information content (AvgIpc) is 2.99. The van der Waals surface area contributed by atoms with Crippen LogP contribution >= 0.6 is 23.4 Å². The van der Waals surface area contributed by atoms with Gasteiger partial charge < -0.3 is 4.90 Å². The van der Waals surface area contributed by atoms with Gasteiger partial charge in [-0.15, -0.1) is 0 Å². The van der Waals surface area contributed by atoms with Gasteiger partial charge >= 0.3 is 0 Å². The Labute approximate surface area is 189 Å². The van der Waals surface area contributed by atoms with Crippen LogP contribution in [0.2, 0.25) is 5.02 Å². The van der Waals surface area contributed by atoms with Crippen molar-refractivity contribution in [3.05, 3.63) is 59.1 Å². The zero-order chi connectivity index (χ0) is 21.1. The standard InChI is InChI=1S/C24H29Cl2N3O/c1-2-24(21-10-3-4-11-22(21)29(26)23(24)30)12-5-6-13-27-14-16-28(17-15-27)20-9-7-8-19(25)18-20/h3-4,7-11,18H,2,5-6,12-17H2,1H3. The fraction of sp³-hybridized carbons (Fsp3) is 0.458. The highest BCUT2D eigenvalue weighted by molar-refractivity contribution is 6.40. The molecule has 2 aromatic carbocycles. The first-order valence-corrected chi connectivity index (χ1v) is 11.6. The molecule has 0 N–H and O–H groups in total. The Kier molecular flexibility index (Phi) is 6.57. The number of carbonyl (C=O) groups is 1. The SMILES string of the molecule is CCC1(CCCCN2CCN(c3cccc(Cl)c3)CC2)C(=O)N(Cl)c2ccccc21. The first kappa shape index (κ1) is 21.5. The van der Waals surface area contributed by atoms with E-state index in [9.17, 15) is 4.79 Å². The number of benzene rings is 2. The first-order chi connectivity index (χ1) is 14.5. The number of nitrogens with zero attached hydrogens (tertiary/aromatic N) is 3. The minimum Gasteiger partial charge on any atom is -0.369 e. The van der Waals surface area contributed by atoms with Gasteiger partial charge in [0.1, 0.15) is 0 Å². The summed E-state index contributed by atoms with van der Waals surface area (Å²) in [6, 6.07) is 16.0. The van der Waals surface area contributed by atoms with E-state index in [1.165, 1.54) is 10.1 Å². The van der Waals surface area contributed by atoms with E-state index in [-0.39, 0.29) is 5.91 Å². The van der Waals surface area contributed by atoms with E-state index in [1.54, 1.807) is 0 Å². The monoisotopic (exact) mass is 445 g/mol. The summed E-state index contributed by atoms with van der Waals surface area (Å²) in [6.45, 7) is 7.33. The van der Waals surface area contributed by atoms with Gasteiger partial charge in [-0.05, 0) is 55.6 Å². The lowest BCUT2D eigenvalue weighted by atomic mass is 9.75. The zero-order valence-electron chi connectivity index (χ0n) is 17.5. The van der Waals surface area contributed by atoms with Crippen molar-refractivity contribution in [3.63, 3.8) is 0 Å². The highest BCUT2D eigenvalue weighted by Gasteiger charge is 2.48. The lowest BCUT2D eigenvalue weighted by Gasteiger charge is -2.36. The van der Waals surface area contributed by atoms with Crippen LogP contribution < -0.4 is 9.32 Å². The summed E-state index contributed by atoms with van der Waals surface area (Å²) in [4.78, 5) is 17.9. The average molecular weight is 446 g/mol. The summed E-state index contributed by atoms with van der Waals surface area (Å²) in [5, 5.41) is 0.790. The molecule has 1 unspecified atom stereocenters. The minimum atomic E-state index is -0.469. The van der Waals surface area contributed by atoms with E-state index in [0.717, 1.165) is 74.7 Å². The molecular weight excluding hydrogens is 417 g/mol. The van der Waals surface area contributed by atoms with Gasteiger partial charge in [-0.2, -0.15) is 0 Å². The molecule has 1 fully saturated rings. The van der Waals surface area contributed by atoms with Crippen LogP contribution in [-0.2, 0) is 10.2 Å². The fourth-order valence-corrected chi connectivity index (χ4v) is 5.38. The quantitative estimate of drug-likeness (QED) is 0.416. The molecule has 1 saturated heterocycles. The summed E-state index contributed by atoms with van der Waals surface area (Å²) >= 11 is 12.5. The van der Waals surface area contributed by atoms with Gasteiger partial charge in [-0.3, -0.25) is 9.69 Å². The van der Waals surface area contributed by atoms with E-state index in [4.69, 9.17) is 23.4 Å². The molecule has 0 bridgehead atoms. The lowest BCUT2D eigenvalue weighted by Crippen LogP contribution is -2.46. The molecule has 2 aromatic rings. The Hall–Kier alpha value is -1.75. The zero-order valence-corrected chi connectivity index (χ0v) is 19.0. The van der Waals surface area contributed by atoms with Crippen LogP contribution in [0.1, 0.15) is 38.2 Å². The smallest absolute Gasteiger partial charge is 0.252 e. The molecule has 4 nitrogen and oxygen atoms in total. The van der Waals surface area contributed by atoms with Gasteiger partial charge in [0.05, 0.1) is 11.1 Å². The number of para-hydroxylation sites is 1. The van der Waals surface area contributed by atoms with Gasteiger partial charge in [0.2, 0.25) is 0 Å². The number of fused-ring (bicyclic) bond motifs is 1. The molecule has 2 heterocycles. The number of hydrogen-bond donors (Lipinski definition) is 0. The predicted molar refractivity (Wildman–Crippen MR) is 126 cm³/mol. The normalized spacial score (nSPS) is 21.9. The molecule has 0 radical (unpaired) electrons. The molecule has 2 aliphatic rings. The third-order valence-electron chi connectivity index (χ3n) is 6.70. The van der Waals surface area contributed by atoms with Crippen LogP contribution in [0.4, 0.5) is 11.4 Å². The van der Waals surface area contributed by atoms with E-state index in [2.05, 4.69) is 28.9 Å². The second-order valence-corrected chi connectivity index (χ2v) is 9.08. The molecule has 2 aliphatic heterocycles. The van der Waals surface area contributed by atoms with Gasteiger partial charge in [-0.1, -0.05) is 49.2 Å². The molecule has 1 amide bonds. The summed E-state index contributed by atoms with van der Waals surface area (Å²) in [5.74, 6) is 0.0306. The minimum absolute atomic E-state index is 0.0306. The molecule has 1 atom stereocenters. The highest BCUT2D eigenvalue weighted by atomic mass is 35.5. The van der Waals surface area contributed by atoms with Crippen LogP contribution in [0.25, 0.3) is 0 Å². The predicted octanol–water partition coefficient (Wildman–Crippen LogP) is 5.48. The van der Waals surface area contributed by atoms with Gasteiger partial charge in [-0.25, -0.2) is 4.42 Å². The summed E-state index contributed by atoms with van der Waals surface area (Å²) in [6.07, 6.45) is 3.75. The summed E-state index contributed by atoms with van der Waals surface area (Å²) in [7, 11) is 0. The van der Waals surface area contributed by atoms with Crippen molar-refractivity contribution >= 4 is 40.7 Å². The number of rotatable bonds is 7. The maximum atomic E-state index is 13.0. The Morgan fingerprint density at radius 3 is 2.50 bits per heavy atom. The molecule has 6 heteroatoms. The largest absolute Gasteiger partial charge is 0.369 e. The van der Waals surface area contributed by atoms with Gasteiger partial charge in [0, 0.05) is 48.7 Å². The number of hydrogen-bond acceptors (Lipinski definition) is 3. The maximum absolute atomic E-state index is 13.0. The van der Waals surface area contributed by atoms with Crippen LogP contribution in [0.5, 0.6) is 0 Å². The Bertz CT molecular complexity index is 898. The Morgan fingerprint density at radius 2 is 1.77 bits per heavy atom. The Balaban J connectivity index is 1.28. The van der Waals surface area contributed by atoms with E-state index in [0.29, 0.717) is 0 Å². The van der Waals surface area contributed by atoms with Crippen molar-refractivity contribution in [1.29, 1.82) is 0 Å². The third kappa shape index (κ3) is 4.05. The lowest BCUT2D eigenvalue weighted by molar-refractivity contribution is -0.122. The first-order valence-electron chi connectivity index (χ1n) is 10.9. The molecule has 30 heavy (non-hydrogen) atoms. The molecule has 0 saturated carbocycles. The number of piperazine rings is 1. The van der Waals surface area contributed by atoms with Crippen molar-refractivity contribution in [2.75, 3.05) is 42.0 Å². The van der Waals surface area contributed by atoms with Crippen molar-refractivity contribution in [2.24, 2.45) is 0 Å². The van der Waals surface area contributed by atoms with Crippen molar-refractivity contribution in [3.8, 4) is 0 Å². The van der Waals surface area contributed by atoms with Crippen LogP contribution in [-0.4, -0.2) is 43.5 Å². The van der Waals surface area contributed by atoms with Gasteiger partial charge in [0.25, 0.3) is 5.91 Å². The molecule has 0 aliphatic carbocycles. The van der Waals surface area contributed by atoms with E-state index in [1.807, 2.05) is 36.4 Å². The number of carbonyl (C=O) groups excluding carboxylic acids is 1. The van der Waals surface area contributed by atoms with Crippen molar-refractivity contribution < 1.29 is 4.79 Å². The number of amides is 1. The number of anilines is 2. The molecule has 4 rings (SSSR count). The van der Waals surface area contributed by atoms with Gasteiger partial charge in [0.15, 0.2) is 0 Å². The highest BCUT2D eigenvalue weighted by Crippen LogP contribution is 2.47. The fourth-order valence-electron chi connectivity index (χ4n) is 4.89. The molecule has 0 aromatic heterocycles. The molecule has 160 valence electrons. The van der Waals surface area contributed by atoms with Crippen LogP contribution in [0.15, 0.2) is 48.5 Å². The Morgan fingerprint density at radius 1 is 1.00 bits per heavy atom. The number of halogens is 2. The summed E-state index contributed by atoms with van der Waals surface area (Å²) in [5.41, 5.74) is 2.67. The van der Waals surface area contributed by atoms with E-state index >= 15 is 0 Å². The maximum Gasteiger partial charge on any atom is 0.252 e. The third-order valence-corrected chi connectivity index (χ3v) is 7.27. The summed E-state index contributed by atoms with van der Waals surface area (Å²) < 4.78 is 1.33. The van der Waals surface area contributed by atoms with Crippen molar-refractivity contribution in [2.45, 2.75) is 38.0 Å². The van der Waals surface area contributed by atoms with Crippen LogP contribution in [0, 0.1) is 0 Å². The molecule has 0 spiro atoms. The topological polar surface area (TPSA) is 26.8 Å². The molecular formula is C24H29Cl2N3O. The van der Waals surface area contributed by atoms with Crippen molar-refractivity contribution in [1.82, 2.24) is 4.90 Å². The van der Waals surface area contributed by atoms with Crippen LogP contribution in [0.3, 0.4) is 0 Å².